The molecule has 2 aromatic rings. The highest BCUT2D eigenvalue weighted by atomic mass is 35.7. The van der Waals surface area contributed by atoms with Gasteiger partial charge in [-0.3, -0.25) is 0 Å². The SMILES string of the molecule is Cc1noc(Cn2cc(S(=O)(=O)Cl)nc2C(C)C)n1. The predicted molar refractivity (Wildman–Crippen MR) is 67.5 cm³/mol. The van der Waals surface area contributed by atoms with Crippen LogP contribution in [-0.4, -0.2) is 28.1 Å². The maximum atomic E-state index is 11.3. The van der Waals surface area contributed by atoms with Gasteiger partial charge in [0.25, 0.3) is 9.05 Å². The quantitative estimate of drug-likeness (QED) is 0.798. The van der Waals surface area contributed by atoms with Crippen molar-refractivity contribution in [2.45, 2.75) is 38.3 Å². The summed E-state index contributed by atoms with van der Waals surface area (Å²) in [7, 11) is 1.45. The molecule has 0 aliphatic carbocycles. The number of rotatable bonds is 4. The molecule has 104 valence electrons. The van der Waals surface area contributed by atoms with Crippen LogP contribution >= 0.6 is 10.7 Å². The molecule has 0 spiro atoms. The second-order valence-corrected chi connectivity index (χ2v) is 6.91. The second-order valence-electron chi connectivity index (χ2n) is 4.39. The highest BCUT2D eigenvalue weighted by Crippen LogP contribution is 2.20. The molecule has 19 heavy (non-hydrogen) atoms. The zero-order valence-electron chi connectivity index (χ0n) is 10.7. The van der Waals surface area contributed by atoms with Gasteiger partial charge in [0, 0.05) is 22.8 Å². The Balaban J connectivity index is 2.41. The number of nitrogens with zero attached hydrogens (tertiary/aromatic N) is 4. The minimum absolute atomic E-state index is 0.0381. The number of hydrogen-bond donors (Lipinski definition) is 0. The third kappa shape index (κ3) is 3.13. The van der Waals surface area contributed by atoms with Crippen LogP contribution in [0.5, 0.6) is 0 Å². The number of hydrogen-bond acceptors (Lipinski definition) is 6. The van der Waals surface area contributed by atoms with E-state index in [-0.39, 0.29) is 17.5 Å². The number of aryl methyl sites for hydroxylation is 1. The Bertz CT molecular complexity index is 689. The summed E-state index contributed by atoms with van der Waals surface area (Å²) in [6.07, 6.45) is 1.37. The van der Waals surface area contributed by atoms with E-state index in [4.69, 9.17) is 15.2 Å². The lowest BCUT2D eigenvalue weighted by molar-refractivity contribution is 0.365. The van der Waals surface area contributed by atoms with Crippen molar-refractivity contribution in [3.8, 4) is 0 Å². The highest BCUT2D eigenvalue weighted by molar-refractivity contribution is 8.13. The predicted octanol–water partition coefficient (Wildman–Crippen LogP) is 1.67. The van der Waals surface area contributed by atoms with E-state index in [0.29, 0.717) is 17.5 Å². The Hall–Kier alpha value is -1.41. The zero-order valence-corrected chi connectivity index (χ0v) is 12.2. The van der Waals surface area contributed by atoms with Gasteiger partial charge in [-0.25, -0.2) is 13.4 Å². The van der Waals surface area contributed by atoms with E-state index < -0.39 is 9.05 Å². The van der Waals surface area contributed by atoms with Gasteiger partial charge in [0.15, 0.2) is 10.9 Å². The van der Waals surface area contributed by atoms with E-state index in [9.17, 15) is 8.42 Å². The molecular formula is C10H13ClN4O3S. The average molecular weight is 305 g/mol. The highest BCUT2D eigenvalue weighted by Gasteiger charge is 2.20. The topological polar surface area (TPSA) is 90.9 Å². The minimum atomic E-state index is -3.85. The van der Waals surface area contributed by atoms with E-state index in [1.807, 2.05) is 13.8 Å². The molecule has 0 aliphatic heterocycles. The van der Waals surface area contributed by atoms with E-state index >= 15 is 0 Å². The first-order chi connectivity index (χ1) is 8.77. The van der Waals surface area contributed by atoms with Crippen LogP contribution in [0.25, 0.3) is 0 Å². The molecular weight excluding hydrogens is 292 g/mol. The van der Waals surface area contributed by atoms with Crippen LogP contribution in [-0.2, 0) is 15.6 Å². The van der Waals surface area contributed by atoms with Gasteiger partial charge >= 0.3 is 0 Å². The third-order valence-electron chi connectivity index (χ3n) is 2.43. The third-order valence-corrected chi connectivity index (χ3v) is 3.60. The first kappa shape index (κ1) is 14.0. The summed E-state index contributed by atoms with van der Waals surface area (Å²) in [4.78, 5) is 8.11. The van der Waals surface area contributed by atoms with Gasteiger partial charge in [0.05, 0.1) is 0 Å². The smallest absolute Gasteiger partial charge is 0.280 e. The van der Waals surface area contributed by atoms with Crippen molar-refractivity contribution in [2.75, 3.05) is 0 Å². The molecule has 0 saturated heterocycles. The lowest BCUT2D eigenvalue weighted by atomic mass is 10.2. The minimum Gasteiger partial charge on any atom is -0.337 e. The first-order valence-corrected chi connectivity index (χ1v) is 7.89. The lowest BCUT2D eigenvalue weighted by Gasteiger charge is -2.06. The molecule has 2 heterocycles. The van der Waals surface area contributed by atoms with Crippen LogP contribution in [0.4, 0.5) is 0 Å². The van der Waals surface area contributed by atoms with Gasteiger partial charge in [-0.15, -0.1) is 0 Å². The molecule has 0 fully saturated rings. The van der Waals surface area contributed by atoms with Gasteiger partial charge in [-0.2, -0.15) is 4.98 Å². The van der Waals surface area contributed by atoms with Crippen molar-refractivity contribution in [1.82, 2.24) is 19.7 Å². The molecule has 2 aromatic heterocycles. The van der Waals surface area contributed by atoms with Crippen molar-refractivity contribution in [3.05, 3.63) is 23.7 Å². The van der Waals surface area contributed by atoms with Crippen LogP contribution in [0.3, 0.4) is 0 Å². The molecule has 0 bridgehead atoms. The summed E-state index contributed by atoms with van der Waals surface area (Å²) in [5.41, 5.74) is 0. The molecule has 0 radical (unpaired) electrons. The molecule has 9 heteroatoms. The Labute approximate surface area is 115 Å². The summed E-state index contributed by atoms with van der Waals surface area (Å²) in [6.45, 7) is 5.78. The van der Waals surface area contributed by atoms with Crippen LogP contribution in [0.2, 0.25) is 0 Å². The monoisotopic (exact) mass is 304 g/mol. The van der Waals surface area contributed by atoms with E-state index in [1.165, 1.54) is 6.20 Å². The van der Waals surface area contributed by atoms with Gasteiger partial charge in [0.1, 0.15) is 12.4 Å². The molecule has 0 saturated carbocycles. The van der Waals surface area contributed by atoms with Crippen molar-refractivity contribution in [2.24, 2.45) is 0 Å². The van der Waals surface area contributed by atoms with Crippen LogP contribution in [0, 0.1) is 6.92 Å². The van der Waals surface area contributed by atoms with Gasteiger partial charge in [0.2, 0.25) is 5.89 Å². The molecule has 7 nitrogen and oxygen atoms in total. The Kier molecular flexibility index (Phi) is 3.64. The standard InChI is InChI=1S/C10H13ClN4O3S/c1-6(2)10-13-9(19(11,16)17)5-15(10)4-8-12-7(3)14-18-8/h5-6H,4H2,1-3H3. The van der Waals surface area contributed by atoms with Crippen LogP contribution < -0.4 is 0 Å². The molecule has 0 unspecified atom stereocenters. The second kappa shape index (κ2) is 4.93. The molecule has 2 rings (SSSR count). The maximum Gasteiger partial charge on any atom is 0.280 e. The van der Waals surface area contributed by atoms with E-state index in [1.54, 1.807) is 11.5 Å². The number of imidazole rings is 1. The number of aromatic nitrogens is 4. The van der Waals surface area contributed by atoms with Crippen molar-refractivity contribution in [1.29, 1.82) is 0 Å². The Morgan fingerprint density at radius 1 is 1.42 bits per heavy atom. The van der Waals surface area contributed by atoms with Crippen molar-refractivity contribution < 1.29 is 12.9 Å². The fourth-order valence-electron chi connectivity index (χ4n) is 1.66. The van der Waals surface area contributed by atoms with Crippen molar-refractivity contribution >= 4 is 19.7 Å². The zero-order chi connectivity index (χ0) is 14.2. The summed E-state index contributed by atoms with van der Waals surface area (Å²) >= 11 is 0. The molecule has 0 aromatic carbocycles. The van der Waals surface area contributed by atoms with Gasteiger partial charge < -0.3 is 9.09 Å². The lowest BCUT2D eigenvalue weighted by Crippen LogP contribution is -2.06. The summed E-state index contributed by atoms with van der Waals surface area (Å²) in [5, 5.41) is 3.51. The molecule has 0 N–H and O–H groups in total. The largest absolute Gasteiger partial charge is 0.337 e. The molecule has 0 aliphatic rings. The average Bonchev–Trinajstić information content (AvgIpc) is 2.85. The summed E-state index contributed by atoms with van der Waals surface area (Å²) < 4.78 is 29.3. The summed E-state index contributed by atoms with van der Waals surface area (Å²) in [5.74, 6) is 1.54. The Morgan fingerprint density at radius 3 is 2.58 bits per heavy atom. The Morgan fingerprint density at radius 2 is 2.11 bits per heavy atom. The molecule has 0 atom stereocenters. The first-order valence-electron chi connectivity index (χ1n) is 5.58. The fraction of sp³-hybridized carbons (Fsp3) is 0.500. The fourth-order valence-corrected chi connectivity index (χ4v) is 2.34. The van der Waals surface area contributed by atoms with Crippen LogP contribution in [0.1, 0.15) is 37.3 Å². The van der Waals surface area contributed by atoms with Gasteiger partial charge in [-0.05, 0) is 6.92 Å². The summed E-state index contributed by atoms with van der Waals surface area (Å²) in [6, 6.07) is 0. The normalized spacial score (nSPS) is 12.3. The van der Waals surface area contributed by atoms with Crippen molar-refractivity contribution in [3.63, 3.8) is 0 Å². The van der Waals surface area contributed by atoms with E-state index in [0.717, 1.165) is 0 Å². The molecule has 0 amide bonds. The van der Waals surface area contributed by atoms with Crippen LogP contribution in [0.15, 0.2) is 15.7 Å². The van der Waals surface area contributed by atoms with Gasteiger partial charge in [-0.1, -0.05) is 19.0 Å². The number of halogens is 1. The maximum absolute atomic E-state index is 11.3. The van der Waals surface area contributed by atoms with E-state index in [2.05, 4.69) is 15.1 Å².